The number of ether oxygens (including phenoxy) is 1. The predicted octanol–water partition coefficient (Wildman–Crippen LogP) is 0.953. The fourth-order valence-corrected chi connectivity index (χ4v) is 1.25. The highest BCUT2D eigenvalue weighted by Crippen LogP contribution is 2.17. The number of aliphatic carboxylic acids is 2. The zero-order valence-electron chi connectivity index (χ0n) is 9.96. The fourth-order valence-electron chi connectivity index (χ4n) is 1.25. The molecular formula is C12H13NO6. The van der Waals surface area contributed by atoms with Crippen molar-refractivity contribution in [1.82, 2.24) is 0 Å². The molecule has 0 saturated heterocycles. The lowest BCUT2D eigenvalue weighted by Crippen LogP contribution is -2.13. The second kappa shape index (κ2) is 7.00. The standard InChI is InChI=1S/C12H13NO6/c14-10(4-5-11(15)16)13-8-2-1-3-9(6-8)19-7-12(17)18/h1-3,6H,4-5,7H2,(H,13,14)(H,15,16)(H,17,18). The minimum Gasteiger partial charge on any atom is -0.482 e. The average Bonchev–Trinajstić information content (AvgIpc) is 2.34. The van der Waals surface area contributed by atoms with Crippen molar-refractivity contribution in [1.29, 1.82) is 0 Å². The fraction of sp³-hybridized carbons (Fsp3) is 0.250. The number of carbonyl (C=O) groups is 3. The van der Waals surface area contributed by atoms with Crippen LogP contribution in [0.15, 0.2) is 24.3 Å². The van der Waals surface area contributed by atoms with Gasteiger partial charge in [0.05, 0.1) is 6.42 Å². The van der Waals surface area contributed by atoms with Gasteiger partial charge >= 0.3 is 11.9 Å². The van der Waals surface area contributed by atoms with Crippen LogP contribution in [0.5, 0.6) is 5.75 Å². The van der Waals surface area contributed by atoms with Crippen LogP contribution < -0.4 is 10.1 Å². The Kier molecular flexibility index (Phi) is 5.34. The van der Waals surface area contributed by atoms with Crippen molar-refractivity contribution in [2.75, 3.05) is 11.9 Å². The van der Waals surface area contributed by atoms with Gasteiger partial charge in [0.25, 0.3) is 0 Å². The third-order valence-electron chi connectivity index (χ3n) is 2.05. The van der Waals surface area contributed by atoms with Crippen molar-refractivity contribution in [3.63, 3.8) is 0 Å². The zero-order valence-corrected chi connectivity index (χ0v) is 9.96. The molecule has 0 atom stereocenters. The van der Waals surface area contributed by atoms with Gasteiger partial charge in [-0.05, 0) is 12.1 Å². The van der Waals surface area contributed by atoms with Gasteiger partial charge in [0.1, 0.15) is 5.75 Å². The molecule has 0 aliphatic rings. The van der Waals surface area contributed by atoms with Crippen molar-refractivity contribution < 1.29 is 29.3 Å². The normalized spacial score (nSPS) is 9.68. The van der Waals surface area contributed by atoms with E-state index >= 15 is 0 Å². The smallest absolute Gasteiger partial charge is 0.341 e. The van der Waals surface area contributed by atoms with Crippen molar-refractivity contribution in [2.24, 2.45) is 0 Å². The Morgan fingerprint density at radius 1 is 1.11 bits per heavy atom. The molecule has 0 bridgehead atoms. The summed E-state index contributed by atoms with van der Waals surface area (Å²) < 4.78 is 4.94. The molecule has 0 aromatic heterocycles. The highest BCUT2D eigenvalue weighted by molar-refractivity contribution is 5.92. The summed E-state index contributed by atoms with van der Waals surface area (Å²) in [5, 5.41) is 19.4. The van der Waals surface area contributed by atoms with E-state index in [0.29, 0.717) is 11.4 Å². The Hall–Kier alpha value is -2.57. The Balaban J connectivity index is 2.54. The Morgan fingerprint density at radius 2 is 1.84 bits per heavy atom. The molecule has 0 fully saturated rings. The zero-order chi connectivity index (χ0) is 14.3. The molecule has 0 saturated carbocycles. The van der Waals surface area contributed by atoms with Gasteiger partial charge in [-0.1, -0.05) is 6.07 Å². The summed E-state index contributed by atoms with van der Waals surface area (Å²) in [6.45, 7) is -0.476. The molecule has 1 amide bonds. The maximum atomic E-state index is 11.4. The number of hydrogen-bond donors (Lipinski definition) is 3. The van der Waals surface area contributed by atoms with Crippen LogP contribution in [0.1, 0.15) is 12.8 Å². The van der Waals surface area contributed by atoms with Gasteiger partial charge < -0.3 is 20.3 Å². The van der Waals surface area contributed by atoms with Crippen LogP contribution in [0, 0.1) is 0 Å². The molecule has 0 heterocycles. The number of carbonyl (C=O) groups excluding carboxylic acids is 1. The lowest BCUT2D eigenvalue weighted by molar-refractivity contribution is -0.139. The molecule has 0 spiro atoms. The number of amides is 1. The molecule has 1 aromatic carbocycles. The number of rotatable bonds is 7. The van der Waals surface area contributed by atoms with Crippen LogP contribution in [0.3, 0.4) is 0 Å². The highest BCUT2D eigenvalue weighted by atomic mass is 16.5. The van der Waals surface area contributed by atoms with E-state index in [1.807, 2.05) is 0 Å². The minimum atomic E-state index is -1.10. The SMILES string of the molecule is O=C(O)CCC(=O)Nc1cccc(OCC(=O)O)c1. The van der Waals surface area contributed by atoms with Gasteiger partial charge in [-0.15, -0.1) is 0 Å². The molecule has 3 N–H and O–H groups in total. The Morgan fingerprint density at radius 3 is 2.47 bits per heavy atom. The summed E-state index contributed by atoms with van der Waals surface area (Å²) in [7, 11) is 0. The highest BCUT2D eigenvalue weighted by Gasteiger charge is 2.06. The van der Waals surface area contributed by atoms with Crippen LogP contribution in [0.25, 0.3) is 0 Å². The first-order chi connectivity index (χ1) is 8.97. The van der Waals surface area contributed by atoms with Crippen LogP contribution in [-0.2, 0) is 14.4 Å². The van der Waals surface area contributed by atoms with Gasteiger partial charge in [0.15, 0.2) is 6.61 Å². The van der Waals surface area contributed by atoms with E-state index in [4.69, 9.17) is 14.9 Å². The van der Waals surface area contributed by atoms with Gasteiger partial charge in [0, 0.05) is 18.2 Å². The van der Waals surface area contributed by atoms with E-state index in [1.165, 1.54) is 6.07 Å². The summed E-state index contributed by atoms with van der Waals surface area (Å²) in [5.74, 6) is -2.28. The average molecular weight is 267 g/mol. The first-order valence-electron chi connectivity index (χ1n) is 5.43. The molecule has 1 rings (SSSR count). The molecule has 0 aliphatic heterocycles. The molecular weight excluding hydrogens is 254 g/mol. The van der Waals surface area contributed by atoms with Gasteiger partial charge in [-0.25, -0.2) is 4.79 Å². The largest absolute Gasteiger partial charge is 0.482 e. The van der Waals surface area contributed by atoms with Crippen LogP contribution >= 0.6 is 0 Å². The monoisotopic (exact) mass is 267 g/mol. The molecule has 102 valence electrons. The van der Waals surface area contributed by atoms with Crippen LogP contribution in [-0.4, -0.2) is 34.7 Å². The molecule has 19 heavy (non-hydrogen) atoms. The number of carboxylic acids is 2. The molecule has 7 nitrogen and oxygen atoms in total. The van der Waals surface area contributed by atoms with Crippen molar-refractivity contribution >= 4 is 23.5 Å². The van der Waals surface area contributed by atoms with Crippen molar-refractivity contribution in [2.45, 2.75) is 12.8 Å². The summed E-state index contributed by atoms with van der Waals surface area (Å²) in [4.78, 5) is 32.0. The van der Waals surface area contributed by atoms with Gasteiger partial charge in [-0.3, -0.25) is 9.59 Å². The molecule has 7 heteroatoms. The molecule has 1 aromatic rings. The van der Waals surface area contributed by atoms with Crippen molar-refractivity contribution in [3.05, 3.63) is 24.3 Å². The topological polar surface area (TPSA) is 113 Å². The number of hydrogen-bond acceptors (Lipinski definition) is 4. The lowest BCUT2D eigenvalue weighted by Gasteiger charge is -2.07. The number of carboxylic acid groups (broad SMARTS) is 2. The Bertz CT molecular complexity index is 485. The van der Waals surface area contributed by atoms with Crippen LogP contribution in [0.2, 0.25) is 0 Å². The van der Waals surface area contributed by atoms with E-state index in [2.05, 4.69) is 5.32 Å². The molecule has 0 unspecified atom stereocenters. The second-order valence-electron chi connectivity index (χ2n) is 3.65. The summed E-state index contributed by atoms with van der Waals surface area (Å²) in [6.07, 6.45) is -0.378. The van der Waals surface area contributed by atoms with Crippen molar-refractivity contribution in [3.8, 4) is 5.75 Å². The molecule has 0 aliphatic carbocycles. The first-order valence-corrected chi connectivity index (χ1v) is 5.43. The second-order valence-corrected chi connectivity index (χ2v) is 3.65. The molecule has 0 radical (unpaired) electrons. The summed E-state index contributed by atoms with van der Waals surface area (Å²) in [6, 6.07) is 6.19. The van der Waals surface area contributed by atoms with E-state index in [0.717, 1.165) is 0 Å². The lowest BCUT2D eigenvalue weighted by atomic mass is 10.2. The van der Waals surface area contributed by atoms with Gasteiger partial charge in [-0.2, -0.15) is 0 Å². The van der Waals surface area contributed by atoms with Gasteiger partial charge in [0.2, 0.25) is 5.91 Å². The number of nitrogens with one attached hydrogen (secondary N) is 1. The third-order valence-corrected chi connectivity index (χ3v) is 2.05. The van der Waals surface area contributed by atoms with Crippen LogP contribution in [0.4, 0.5) is 5.69 Å². The Labute approximate surface area is 108 Å². The first kappa shape index (κ1) is 14.5. The number of anilines is 1. The van der Waals surface area contributed by atoms with E-state index < -0.39 is 24.5 Å². The minimum absolute atomic E-state index is 0.129. The maximum absolute atomic E-state index is 11.4. The maximum Gasteiger partial charge on any atom is 0.341 e. The summed E-state index contributed by atoms with van der Waals surface area (Å²) in [5.41, 5.74) is 0.415. The summed E-state index contributed by atoms with van der Waals surface area (Å²) >= 11 is 0. The quantitative estimate of drug-likeness (QED) is 0.678. The van der Waals surface area contributed by atoms with E-state index in [9.17, 15) is 14.4 Å². The predicted molar refractivity (Wildman–Crippen MR) is 65.1 cm³/mol. The number of benzene rings is 1. The third kappa shape index (κ3) is 6.06. The van der Waals surface area contributed by atoms with E-state index in [1.54, 1.807) is 18.2 Å². The van der Waals surface area contributed by atoms with E-state index in [-0.39, 0.29) is 12.8 Å².